The molecule has 11 heteroatoms. The van der Waals surface area contributed by atoms with Crippen LogP contribution in [0.2, 0.25) is 5.02 Å². The van der Waals surface area contributed by atoms with Gasteiger partial charge in [-0.25, -0.2) is 0 Å². The number of rotatable bonds is 7. The molecule has 0 unspecified atom stereocenters. The number of hydrogen-bond acceptors (Lipinski definition) is 4. The van der Waals surface area contributed by atoms with Crippen LogP contribution < -0.4 is 10.5 Å². The van der Waals surface area contributed by atoms with Gasteiger partial charge in [-0.05, 0) is 42.3 Å². The van der Waals surface area contributed by atoms with E-state index in [0.717, 1.165) is 4.47 Å². The molecule has 0 spiro atoms. The fourth-order valence-electron chi connectivity index (χ4n) is 2.54. The lowest BCUT2D eigenvalue weighted by atomic mass is 9.82. The topological polar surface area (TPSA) is 81.4 Å². The molecule has 2 atom stereocenters. The third kappa shape index (κ3) is 6.72. The molecule has 0 aromatic heterocycles. The van der Waals surface area contributed by atoms with Gasteiger partial charge in [-0.1, -0.05) is 86.6 Å². The molecule has 154 valence electrons. The van der Waals surface area contributed by atoms with E-state index in [1.54, 1.807) is 55.5 Å². The van der Waals surface area contributed by atoms with E-state index in [-0.39, 0.29) is 0 Å². The van der Waals surface area contributed by atoms with E-state index < -0.39 is 32.3 Å². The highest BCUT2D eigenvalue weighted by Gasteiger charge is 2.39. The molecule has 3 N–H and O–H groups in total. The second-order valence-corrected chi connectivity index (χ2v) is 11.4. The van der Waals surface area contributed by atoms with Crippen molar-refractivity contribution >= 4 is 72.6 Å². The molecule has 5 nitrogen and oxygen atoms in total. The van der Waals surface area contributed by atoms with Gasteiger partial charge in [0.15, 0.2) is 0 Å². The molecular formula is C17H17BrCl4N2O3S. The Morgan fingerprint density at radius 3 is 2.14 bits per heavy atom. The number of alkyl halides is 3. The van der Waals surface area contributed by atoms with Gasteiger partial charge < -0.3 is 5.73 Å². The molecule has 0 radical (unpaired) electrons. The maximum Gasteiger partial charge on any atom is 0.336 e. The normalized spacial score (nSPS) is 15.8. The lowest BCUT2D eigenvalue weighted by Gasteiger charge is -2.36. The minimum Gasteiger partial charge on any atom is -0.322 e. The van der Waals surface area contributed by atoms with Crippen molar-refractivity contribution in [2.45, 2.75) is 22.3 Å². The molecule has 0 heterocycles. The van der Waals surface area contributed by atoms with Gasteiger partial charge >= 0.3 is 10.3 Å². The van der Waals surface area contributed by atoms with Gasteiger partial charge in [0.25, 0.3) is 0 Å². The number of halogens is 5. The average Bonchev–Trinajstić information content (AvgIpc) is 2.60. The summed E-state index contributed by atoms with van der Waals surface area (Å²) in [6.07, 6.45) is 0. The molecular weight excluding hydrogens is 534 g/mol. The molecule has 0 aliphatic rings. The molecule has 0 fully saturated rings. The first kappa shape index (κ1) is 24.2. The van der Waals surface area contributed by atoms with Crippen molar-refractivity contribution in [3.05, 3.63) is 69.2 Å². The Balaban J connectivity index is 2.44. The van der Waals surface area contributed by atoms with Crippen LogP contribution in [0.25, 0.3) is 0 Å². The van der Waals surface area contributed by atoms with E-state index in [1.807, 2.05) is 0 Å². The van der Waals surface area contributed by atoms with Crippen LogP contribution in [-0.2, 0) is 20.0 Å². The summed E-state index contributed by atoms with van der Waals surface area (Å²) in [6.45, 7) is 0.991. The van der Waals surface area contributed by atoms with Crippen LogP contribution in [0.15, 0.2) is 53.0 Å². The highest BCUT2D eigenvalue weighted by Crippen LogP contribution is 2.35. The second kappa shape index (κ2) is 9.37. The molecule has 0 bridgehead atoms. The van der Waals surface area contributed by atoms with Gasteiger partial charge in [-0.3, -0.25) is 4.18 Å². The van der Waals surface area contributed by atoms with Crippen LogP contribution in [0.4, 0.5) is 0 Å². The quantitative estimate of drug-likeness (QED) is 0.462. The van der Waals surface area contributed by atoms with Crippen LogP contribution in [0.5, 0.6) is 0 Å². The predicted molar refractivity (Wildman–Crippen MR) is 118 cm³/mol. The molecule has 0 aliphatic heterocycles. The van der Waals surface area contributed by atoms with Crippen molar-refractivity contribution in [2.75, 3.05) is 6.61 Å². The van der Waals surface area contributed by atoms with Crippen LogP contribution in [0.3, 0.4) is 0 Å². The summed E-state index contributed by atoms with van der Waals surface area (Å²) in [5.41, 5.74) is 6.47. The summed E-state index contributed by atoms with van der Waals surface area (Å²) in [5.74, 6) is 0. The smallest absolute Gasteiger partial charge is 0.322 e. The average molecular weight is 551 g/mol. The Labute approximate surface area is 192 Å². The SMILES string of the molecule is C[C@](NS(=O)(=O)OCC(Cl)(Cl)Cl)(c1ccc(Br)cc1)[C@H](N)c1ccc(Cl)cc1. The van der Waals surface area contributed by atoms with Crippen LogP contribution in [-0.4, -0.2) is 18.8 Å². The molecule has 28 heavy (non-hydrogen) atoms. The molecule has 2 aromatic carbocycles. The van der Waals surface area contributed by atoms with Gasteiger partial charge in [-0.2, -0.15) is 13.1 Å². The second-order valence-electron chi connectivity index (χ2n) is 6.17. The summed E-state index contributed by atoms with van der Waals surface area (Å²) >= 11 is 26.1. The maximum absolute atomic E-state index is 12.5. The molecule has 0 saturated carbocycles. The summed E-state index contributed by atoms with van der Waals surface area (Å²) < 4.78 is 31.3. The lowest BCUT2D eigenvalue weighted by Crippen LogP contribution is -2.51. The monoisotopic (exact) mass is 548 g/mol. The molecule has 0 amide bonds. The lowest BCUT2D eigenvalue weighted by molar-refractivity contribution is 0.283. The van der Waals surface area contributed by atoms with Gasteiger partial charge in [-0.15, -0.1) is 0 Å². The third-order valence-electron chi connectivity index (χ3n) is 4.01. The Bertz CT molecular complexity index is 905. The zero-order chi connectivity index (χ0) is 21.2. The van der Waals surface area contributed by atoms with Gasteiger partial charge in [0.2, 0.25) is 3.79 Å². The van der Waals surface area contributed by atoms with Crippen molar-refractivity contribution in [1.82, 2.24) is 4.72 Å². The van der Waals surface area contributed by atoms with Crippen LogP contribution in [0.1, 0.15) is 24.1 Å². The number of nitrogens with one attached hydrogen (secondary N) is 1. The van der Waals surface area contributed by atoms with Crippen molar-refractivity contribution in [2.24, 2.45) is 5.73 Å². The van der Waals surface area contributed by atoms with Crippen molar-refractivity contribution in [3.63, 3.8) is 0 Å². The van der Waals surface area contributed by atoms with E-state index in [9.17, 15) is 8.42 Å². The molecule has 2 aromatic rings. The fourth-order valence-corrected chi connectivity index (χ4v) is 4.44. The maximum atomic E-state index is 12.5. The summed E-state index contributed by atoms with van der Waals surface area (Å²) in [6, 6.07) is 13.1. The Hall–Kier alpha value is -0.0900. The third-order valence-corrected chi connectivity index (χ3v) is 6.22. The van der Waals surface area contributed by atoms with E-state index in [1.165, 1.54) is 0 Å². The first-order valence-electron chi connectivity index (χ1n) is 7.84. The number of nitrogens with two attached hydrogens (primary N) is 1. The number of hydrogen-bond donors (Lipinski definition) is 2. The Kier molecular flexibility index (Phi) is 8.09. The van der Waals surface area contributed by atoms with Crippen molar-refractivity contribution in [3.8, 4) is 0 Å². The summed E-state index contributed by atoms with van der Waals surface area (Å²) in [7, 11) is -4.31. The summed E-state index contributed by atoms with van der Waals surface area (Å²) in [5, 5.41) is 0.535. The molecule has 2 rings (SSSR count). The van der Waals surface area contributed by atoms with Crippen molar-refractivity contribution < 1.29 is 12.6 Å². The zero-order valence-electron chi connectivity index (χ0n) is 14.5. The fraction of sp³-hybridized carbons (Fsp3) is 0.294. The van der Waals surface area contributed by atoms with E-state index in [0.29, 0.717) is 16.1 Å². The zero-order valence-corrected chi connectivity index (χ0v) is 19.9. The van der Waals surface area contributed by atoms with E-state index in [2.05, 4.69) is 20.7 Å². The number of benzene rings is 2. The minimum atomic E-state index is -4.31. The largest absolute Gasteiger partial charge is 0.336 e. The Morgan fingerprint density at radius 1 is 1.11 bits per heavy atom. The van der Waals surface area contributed by atoms with E-state index >= 15 is 0 Å². The van der Waals surface area contributed by atoms with Gasteiger partial charge in [0.1, 0.15) is 6.61 Å². The molecule has 0 saturated heterocycles. The van der Waals surface area contributed by atoms with Crippen LogP contribution >= 0.6 is 62.3 Å². The summed E-state index contributed by atoms with van der Waals surface area (Å²) in [4.78, 5) is 0. The minimum absolute atomic E-state index is 0.535. The van der Waals surface area contributed by atoms with E-state index in [4.69, 9.17) is 56.3 Å². The van der Waals surface area contributed by atoms with Crippen molar-refractivity contribution in [1.29, 1.82) is 0 Å². The molecule has 0 aliphatic carbocycles. The Morgan fingerprint density at radius 2 is 1.64 bits per heavy atom. The highest BCUT2D eigenvalue weighted by molar-refractivity contribution is 9.10. The van der Waals surface area contributed by atoms with Gasteiger partial charge in [0.05, 0.1) is 11.6 Å². The predicted octanol–water partition coefficient (Wildman–Crippen LogP) is 5.24. The van der Waals surface area contributed by atoms with Gasteiger partial charge in [0, 0.05) is 9.50 Å². The standard InChI is InChI=1S/C17H17BrCl4N2O3S/c1-16(12-4-6-13(18)7-5-12,15(23)11-2-8-14(19)9-3-11)24-28(25,26)27-10-17(20,21)22/h2-9,15,24H,10,23H2,1H3/t15-,16+/m1/s1. The highest BCUT2D eigenvalue weighted by atomic mass is 79.9. The first-order chi connectivity index (χ1) is 12.8. The first-order valence-corrected chi connectivity index (χ1v) is 11.6. The van der Waals surface area contributed by atoms with Crippen LogP contribution in [0, 0.1) is 0 Å².